The highest BCUT2D eigenvalue weighted by Crippen LogP contribution is 2.32. The Labute approximate surface area is 199 Å². The molecule has 0 radical (unpaired) electrons. The van der Waals surface area contributed by atoms with E-state index < -0.39 is 17.8 Å². The normalized spacial score (nSPS) is 21.4. The average molecular weight is 476 g/mol. The molecule has 2 aliphatic heterocycles. The fraction of sp³-hybridized carbons (Fsp3) is 0.542. The first kappa shape index (κ1) is 25.5. The summed E-state index contributed by atoms with van der Waals surface area (Å²) in [5.74, 6) is -0.927. The first-order valence-electron chi connectivity index (χ1n) is 11.7. The largest absolute Gasteiger partial charge is 0.463 e. The zero-order valence-corrected chi connectivity index (χ0v) is 20.3. The maximum atomic E-state index is 13.5. The van der Waals surface area contributed by atoms with Gasteiger partial charge in [-0.15, -0.1) is 0 Å². The number of urea groups is 2. The average Bonchev–Trinajstić information content (AvgIpc) is 2.81. The number of nitrogens with one attached hydrogen (secondary N) is 2. The van der Waals surface area contributed by atoms with Crippen molar-refractivity contribution in [3.8, 4) is 0 Å². The molecule has 34 heavy (non-hydrogen) atoms. The number of rotatable bonds is 7. The van der Waals surface area contributed by atoms with E-state index in [2.05, 4.69) is 15.5 Å². The van der Waals surface area contributed by atoms with Gasteiger partial charge in [0.25, 0.3) is 0 Å². The van der Waals surface area contributed by atoms with Gasteiger partial charge in [0.05, 0.1) is 18.2 Å². The first-order valence-corrected chi connectivity index (χ1v) is 11.7. The van der Waals surface area contributed by atoms with E-state index in [0.717, 1.165) is 6.42 Å². The van der Waals surface area contributed by atoms with Crippen LogP contribution < -0.4 is 10.6 Å². The summed E-state index contributed by atoms with van der Waals surface area (Å²) in [4.78, 5) is 43.6. The Morgan fingerprint density at radius 2 is 1.91 bits per heavy atom. The van der Waals surface area contributed by atoms with Crippen molar-refractivity contribution >= 4 is 18.0 Å². The molecule has 2 atom stereocenters. The molecule has 0 spiro atoms. The van der Waals surface area contributed by atoms with Gasteiger partial charge in [-0.25, -0.2) is 18.8 Å². The van der Waals surface area contributed by atoms with Gasteiger partial charge in [0.15, 0.2) is 0 Å². The van der Waals surface area contributed by atoms with Crippen LogP contribution in [0.25, 0.3) is 0 Å². The second-order valence-corrected chi connectivity index (χ2v) is 8.58. The van der Waals surface area contributed by atoms with Crippen LogP contribution in [0.4, 0.5) is 14.0 Å². The molecule has 1 fully saturated rings. The van der Waals surface area contributed by atoms with Gasteiger partial charge in [-0.3, -0.25) is 9.80 Å². The lowest BCUT2D eigenvalue weighted by Crippen LogP contribution is -2.58. The predicted octanol–water partition coefficient (Wildman–Crippen LogP) is 2.46. The standard InChI is InChI=1S/C24H34FN5O4/c1-5-11-26-23(32)30-13-12-29(14-16(30)3)15-19-20(22(31)34-6-2)21(27-24(33)28(19)4)17-7-9-18(25)10-8-17/h7-10,16,21H,5-6,11-15H2,1-4H3,(H,26,32)(H,27,33)/t16-,21-/m0/s1. The lowest BCUT2D eigenvalue weighted by Gasteiger charge is -2.42. The minimum Gasteiger partial charge on any atom is -0.463 e. The second kappa shape index (κ2) is 11.3. The van der Waals surface area contributed by atoms with Gasteiger partial charge in [-0.1, -0.05) is 19.1 Å². The van der Waals surface area contributed by atoms with Crippen molar-refractivity contribution in [1.29, 1.82) is 0 Å². The lowest BCUT2D eigenvalue weighted by molar-refractivity contribution is -0.139. The molecular weight excluding hydrogens is 441 g/mol. The van der Waals surface area contributed by atoms with Crippen LogP contribution >= 0.6 is 0 Å². The summed E-state index contributed by atoms with van der Waals surface area (Å²) in [6.07, 6.45) is 0.870. The van der Waals surface area contributed by atoms with Crippen LogP contribution in [-0.4, -0.2) is 85.2 Å². The number of likely N-dealkylation sites (N-methyl/N-ethyl adjacent to an activating group) is 1. The molecule has 0 saturated carbocycles. The summed E-state index contributed by atoms with van der Waals surface area (Å²) < 4.78 is 18.8. The quantitative estimate of drug-likeness (QED) is 0.591. The number of carbonyl (C=O) groups is 3. The van der Waals surface area contributed by atoms with Crippen molar-refractivity contribution < 1.29 is 23.5 Å². The van der Waals surface area contributed by atoms with Crippen LogP contribution in [-0.2, 0) is 9.53 Å². The van der Waals surface area contributed by atoms with Crippen molar-refractivity contribution in [2.24, 2.45) is 0 Å². The number of piperazine rings is 1. The Hall–Kier alpha value is -3.14. The molecule has 186 valence electrons. The van der Waals surface area contributed by atoms with E-state index in [-0.39, 0.29) is 24.7 Å². The zero-order valence-electron chi connectivity index (χ0n) is 20.3. The van der Waals surface area contributed by atoms with Gasteiger partial charge in [0.2, 0.25) is 0 Å². The number of hydrogen-bond donors (Lipinski definition) is 2. The third-order valence-electron chi connectivity index (χ3n) is 6.15. The van der Waals surface area contributed by atoms with Gasteiger partial charge in [0.1, 0.15) is 5.82 Å². The molecule has 0 unspecified atom stereocenters. The maximum absolute atomic E-state index is 13.5. The monoisotopic (exact) mass is 475 g/mol. The molecule has 0 aromatic heterocycles. The van der Waals surface area contributed by atoms with Crippen LogP contribution in [0.3, 0.4) is 0 Å². The first-order chi connectivity index (χ1) is 16.3. The Morgan fingerprint density at radius 3 is 2.53 bits per heavy atom. The van der Waals surface area contributed by atoms with E-state index in [1.165, 1.54) is 17.0 Å². The Morgan fingerprint density at radius 1 is 1.21 bits per heavy atom. The van der Waals surface area contributed by atoms with E-state index in [1.54, 1.807) is 26.1 Å². The molecule has 0 bridgehead atoms. The number of nitrogens with zero attached hydrogens (tertiary/aromatic N) is 3. The Bertz CT molecular complexity index is 936. The van der Waals surface area contributed by atoms with Crippen molar-refractivity contribution in [1.82, 2.24) is 25.3 Å². The van der Waals surface area contributed by atoms with E-state index in [1.807, 2.05) is 18.7 Å². The van der Waals surface area contributed by atoms with Crippen LogP contribution in [0, 0.1) is 5.82 Å². The van der Waals surface area contributed by atoms with E-state index in [4.69, 9.17) is 4.74 Å². The highest BCUT2D eigenvalue weighted by molar-refractivity contribution is 5.95. The number of ether oxygens (including phenoxy) is 1. The summed E-state index contributed by atoms with van der Waals surface area (Å²) in [7, 11) is 1.61. The number of hydrogen-bond acceptors (Lipinski definition) is 5. The molecule has 1 saturated heterocycles. The van der Waals surface area contributed by atoms with Crippen LogP contribution in [0.1, 0.15) is 38.8 Å². The topological polar surface area (TPSA) is 94.2 Å². The van der Waals surface area contributed by atoms with Gasteiger partial charge in [-0.2, -0.15) is 0 Å². The van der Waals surface area contributed by atoms with Crippen molar-refractivity contribution in [3.05, 3.63) is 46.9 Å². The molecule has 1 aromatic rings. The zero-order chi connectivity index (χ0) is 24.8. The van der Waals surface area contributed by atoms with Gasteiger partial charge < -0.3 is 20.3 Å². The summed E-state index contributed by atoms with van der Waals surface area (Å²) in [6.45, 7) is 8.60. The Balaban J connectivity index is 1.88. The smallest absolute Gasteiger partial charge is 0.338 e. The second-order valence-electron chi connectivity index (χ2n) is 8.58. The Kier molecular flexibility index (Phi) is 8.49. The summed E-state index contributed by atoms with van der Waals surface area (Å²) in [5, 5.41) is 5.75. The van der Waals surface area contributed by atoms with E-state index >= 15 is 0 Å². The van der Waals surface area contributed by atoms with Crippen LogP contribution in [0.2, 0.25) is 0 Å². The maximum Gasteiger partial charge on any atom is 0.338 e. The minimum atomic E-state index is -0.753. The van der Waals surface area contributed by atoms with Gasteiger partial charge in [0, 0.05) is 51.5 Å². The third-order valence-corrected chi connectivity index (χ3v) is 6.15. The molecule has 2 heterocycles. The number of benzene rings is 1. The van der Waals surface area contributed by atoms with Crippen LogP contribution in [0.5, 0.6) is 0 Å². The number of halogens is 1. The molecule has 2 aliphatic rings. The van der Waals surface area contributed by atoms with Crippen molar-refractivity contribution in [2.75, 3.05) is 46.4 Å². The molecule has 1 aromatic carbocycles. The number of amides is 4. The molecule has 2 N–H and O–H groups in total. The molecule has 0 aliphatic carbocycles. The molecule has 3 rings (SSSR count). The van der Waals surface area contributed by atoms with Crippen molar-refractivity contribution in [3.63, 3.8) is 0 Å². The highest BCUT2D eigenvalue weighted by atomic mass is 19.1. The van der Waals surface area contributed by atoms with Gasteiger partial charge >= 0.3 is 18.0 Å². The number of carbonyl (C=O) groups excluding carboxylic acids is 3. The van der Waals surface area contributed by atoms with E-state index in [9.17, 15) is 18.8 Å². The summed E-state index contributed by atoms with van der Waals surface area (Å²) >= 11 is 0. The SMILES string of the molecule is CCCNC(=O)N1CCN(CC2=C(C(=O)OCC)[C@H](c3ccc(F)cc3)NC(=O)N2C)C[C@@H]1C. The van der Waals surface area contributed by atoms with Crippen molar-refractivity contribution in [2.45, 2.75) is 39.3 Å². The summed E-state index contributed by atoms with van der Waals surface area (Å²) in [6, 6.07) is 4.48. The predicted molar refractivity (Wildman–Crippen MR) is 125 cm³/mol. The minimum absolute atomic E-state index is 0.0344. The highest BCUT2D eigenvalue weighted by Gasteiger charge is 2.38. The molecular formula is C24H34FN5O4. The molecule has 10 heteroatoms. The molecule has 9 nitrogen and oxygen atoms in total. The fourth-order valence-electron chi connectivity index (χ4n) is 4.33. The summed E-state index contributed by atoms with van der Waals surface area (Å²) in [5.41, 5.74) is 1.45. The van der Waals surface area contributed by atoms with Crippen LogP contribution in [0.15, 0.2) is 35.5 Å². The van der Waals surface area contributed by atoms with Gasteiger partial charge in [-0.05, 0) is 38.0 Å². The molecule has 4 amide bonds. The van der Waals surface area contributed by atoms with E-state index in [0.29, 0.717) is 49.6 Å². The third kappa shape index (κ3) is 5.67. The lowest BCUT2D eigenvalue weighted by atomic mass is 9.94. The number of esters is 1. The fourth-order valence-corrected chi connectivity index (χ4v) is 4.33.